The predicted octanol–water partition coefficient (Wildman–Crippen LogP) is 4.13. The first-order chi connectivity index (χ1) is 12.2. The van der Waals surface area contributed by atoms with E-state index >= 15 is 0 Å². The highest BCUT2D eigenvalue weighted by molar-refractivity contribution is 6.04. The minimum absolute atomic E-state index is 0.159. The normalized spacial score (nSPS) is 18.6. The number of amides is 2. The zero-order valence-electron chi connectivity index (χ0n) is 15.2. The van der Waals surface area contributed by atoms with E-state index in [1.807, 2.05) is 30.3 Å². The van der Waals surface area contributed by atoms with Crippen molar-refractivity contribution >= 4 is 18.1 Å². The maximum absolute atomic E-state index is 12.6. The molecule has 4 nitrogen and oxygen atoms in total. The molecule has 1 aliphatic rings. The quantitative estimate of drug-likeness (QED) is 0.345. The van der Waals surface area contributed by atoms with Crippen LogP contribution in [0.3, 0.4) is 0 Å². The molecule has 25 heavy (non-hydrogen) atoms. The van der Waals surface area contributed by atoms with Gasteiger partial charge in [-0.25, -0.2) is 0 Å². The number of carbonyl (C=O) groups is 3. The Morgan fingerprint density at radius 2 is 1.76 bits per heavy atom. The molecule has 0 radical (unpaired) electrons. The number of likely N-dealkylation sites (tertiary alicyclic amines) is 1. The lowest BCUT2D eigenvalue weighted by Crippen LogP contribution is -2.32. The summed E-state index contributed by atoms with van der Waals surface area (Å²) in [7, 11) is 0. The van der Waals surface area contributed by atoms with Gasteiger partial charge in [0.15, 0.2) is 0 Å². The third-order valence-corrected chi connectivity index (χ3v) is 5.04. The minimum Gasteiger partial charge on any atom is -0.303 e. The summed E-state index contributed by atoms with van der Waals surface area (Å²) in [6.45, 7) is 2.49. The Balaban J connectivity index is 1.86. The summed E-state index contributed by atoms with van der Waals surface area (Å²) in [5, 5.41) is 0. The standard InChI is InChI=1S/C21H29NO3/c1-2-3-4-5-6-10-13-18(16-23)19-14-20(24)22(21(19)25)15-17-11-8-7-9-12-17/h7-9,11-12,16,18-19H,2-6,10,13-15H2,1H3/t18?,19-/m1/s1. The number of unbranched alkanes of at least 4 members (excludes halogenated alkanes) is 5. The highest BCUT2D eigenvalue weighted by Gasteiger charge is 2.42. The van der Waals surface area contributed by atoms with Crippen molar-refractivity contribution in [3.05, 3.63) is 35.9 Å². The van der Waals surface area contributed by atoms with Gasteiger partial charge in [-0.1, -0.05) is 75.8 Å². The number of imide groups is 1. The lowest BCUT2D eigenvalue weighted by Gasteiger charge is -2.18. The fraction of sp³-hybridized carbons (Fsp3) is 0.571. The Kier molecular flexibility index (Phi) is 7.83. The number of benzene rings is 1. The highest BCUT2D eigenvalue weighted by atomic mass is 16.2. The molecule has 2 rings (SSSR count). The van der Waals surface area contributed by atoms with Gasteiger partial charge >= 0.3 is 0 Å². The molecular weight excluding hydrogens is 314 g/mol. The predicted molar refractivity (Wildman–Crippen MR) is 97.7 cm³/mol. The van der Waals surface area contributed by atoms with Crippen LogP contribution in [-0.2, 0) is 20.9 Å². The summed E-state index contributed by atoms with van der Waals surface area (Å²) in [6, 6.07) is 9.50. The van der Waals surface area contributed by atoms with Crippen LogP contribution in [0.2, 0.25) is 0 Å². The molecule has 1 saturated heterocycles. The Morgan fingerprint density at radius 3 is 2.44 bits per heavy atom. The second-order valence-electron chi connectivity index (χ2n) is 6.97. The van der Waals surface area contributed by atoms with Crippen molar-refractivity contribution in [3.63, 3.8) is 0 Å². The summed E-state index contributed by atoms with van der Waals surface area (Å²) in [5.74, 6) is -1.14. The van der Waals surface area contributed by atoms with Crippen LogP contribution in [-0.4, -0.2) is 23.0 Å². The molecule has 4 heteroatoms. The molecule has 0 saturated carbocycles. The topological polar surface area (TPSA) is 54.5 Å². The molecule has 2 amide bonds. The molecule has 136 valence electrons. The molecule has 1 aromatic carbocycles. The zero-order valence-corrected chi connectivity index (χ0v) is 15.2. The van der Waals surface area contributed by atoms with Crippen molar-refractivity contribution < 1.29 is 14.4 Å². The van der Waals surface area contributed by atoms with Crippen molar-refractivity contribution in [2.24, 2.45) is 11.8 Å². The van der Waals surface area contributed by atoms with Crippen LogP contribution in [0.4, 0.5) is 0 Å². The monoisotopic (exact) mass is 343 g/mol. The second-order valence-corrected chi connectivity index (χ2v) is 6.97. The van der Waals surface area contributed by atoms with Gasteiger partial charge in [0.1, 0.15) is 6.29 Å². The number of rotatable bonds is 11. The second kappa shape index (κ2) is 10.1. The molecule has 0 N–H and O–H groups in total. The van der Waals surface area contributed by atoms with E-state index in [4.69, 9.17) is 0 Å². The van der Waals surface area contributed by atoms with E-state index < -0.39 is 5.92 Å². The van der Waals surface area contributed by atoms with Crippen molar-refractivity contribution in [1.29, 1.82) is 0 Å². The molecule has 1 heterocycles. The van der Waals surface area contributed by atoms with E-state index in [0.29, 0.717) is 13.0 Å². The Morgan fingerprint density at radius 1 is 1.08 bits per heavy atom. The van der Waals surface area contributed by atoms with E-state index in [-0.39, 0.29) is 24.2 Å². The number of hydrogen-bond acceptors (Lipinski definition) is 3. The van der Waals surface area contributed by atoms with Crippen LogP contribution < -0.4 is 0 Å². The van der Waals surface area contributed by atoms with Gasteiger partial charge in [-0.15, -0.1) is 0 Å². The summed E-state index contributed by atoms with van der Waals surface area (Å²) >= 11 is 0. The van der Waals surface area contributed by atoms with Gasteiger partial charge in [-0.05, 0) is 12.0 Å². The molecule has 0 aliphatic carbocycles. The molecule has 1 fully saturated rings. The lowest BCUT2D eigenvalue weighted by molar-refractivity contribution is -0.141. The zero-order chi connectivity index (χ0) is 18.1. The molecule has 1 aliphatic heterocycles. The summed E-state index contributed by atoms with van der Waals surface area (Å²) in [5.41, 5.74) is 0.934. The van der Waals surface area contributed by atoms with E-state index in [1.165, 1.54) is 30.6 Å². The van der Waals surface area contributed by atoms with Crippen LogP contribution in [0.1, 0.15) is 63.9 Å². The molecule has 0 aromatic heterocycles. The van der Waals surface area contributed by atoms with Gasteiger partial charge in [0.25, 0.3) is 0 Å². The highest BCUT2D eigenvalue weighted by Crippen LogP contribution is 2.30. The minimum atomic E-state index is -0.468. The lowest BCUT2D eigenvalue weighted by atomic mass is 9.87. The number of aldehydes is 1. The van der Waals surface area contributed by atoms with Crippen LogP contribution in [0, 0.1) is 11.8 Å². The van der Waals surface area contributed by atoms with Crippen molar-refractivity contribution in [1.82, 2.24) is 4.90 Å². The van der Waals surface area contributed by atoms with Crippen LogP contribution in [0.5, 0.6) is 0 Å². The van der Waals surface area contributed by atoms with E-state index in [1.54, 1.807) is 0 Å². The van der Waals surface area contributed by atoms with Crippen LogP contribution in [0.25, 0.3) is 0 Å². The van der Waals surface area contributed by atoms with Gasteiger partial charge in [0.2, 0.25) is 11.8 Å². The first-order valence-electron chi connectivity index (χ1n) is 9.50. The van der Waals surface area contributed by atoms with Crippen molar-refractivity contribution in [2.75, 3.05) is 0 Å². The van der Waals surface area contributed by atoms with E-state index in [2.05, 4.69) is 6.92 Å². The molecule has 0 bridgehead atoms. The van der Waals surface area contributed by atoms with Gasteiger partial charge < -0.3 is 4.79 Å². The molecular formula is C21H29NO3. The van der Waals surface area contributed by atoms with Gasteiger partial charge in [0.05, 0.1) is 12.5 Å². The molecule has 2 atom stereocenters. The van der Waals surface area contributed by atoms with Gasteiger partial charge in [-0.3, -0.25) is 14.5 Å². The third kappa shape index (κ3) is 5.52. The molecule has 1 aromatic rings. The van der Waals surface area contributed by atoms with Crippen molar-refractivity contribution in [3.8, 4) is 0 Å². The van der Waals surface area contributed by atoms with E-state index in [0.717, 1.165) is 24.7 Å². The third-order valence-electron chi connectivity index (χ3n) is 5.04. The van der Waals surface area contributed by atoms with Gasteiger partial charge in [-0.2, -0.15) is 0 Å². The average Bonchev–Trinajstić information content (AvgIpc) is 2.90. The largest absolute Gasteiger partial charge is 0.303 e. The fourth-order valence-corrected chi connectivity index (χ4v) is 3.50. The number of carbonyl (C=O) groups excluding carboxylic acids is 3. The first-order valence-corrected chi connectivity index (χ1v) is 9.50. The number of hydrogen-bond donors (Lipinski definition) is 0. The fourth-order valence-electron chi connectivity index (χ4n) is 3.50. The maximum Gasteiger partial charge on any atom is 0.233 e. The smallest absolute Gasteiger partial charge is 0.233 e. The Hall–Kier alpha value is -1.97. The Labute approximate surface area is 150 Å². The van der Waals surface area contributed by atoms with Gasteiger partial charge in [0, 0.05) is 12.3 Å². The van der Waals surface area contributed by atoms with Crippen LogP contribution >= 0.6 is 0 Å². The summed E-state index contributed by atoms with van der Waals surface area (Å²) in [4.78, 5) is 37.7. The average molecular weight is 343 g/mol. The molecule has 0 spiro atoms. The summed E-state index contributed by atoms with van der Waals surface area (Å²) < 4.78 is 0. The Bertz CT molecular complexity index is 570. The number of nitrogens with zero attached hydrogens (tertiary/aromatic N) is 1. The SMILES string of the molecule is CCCCCCCCC(C=O)[C@H]1CC(=O)N(Cc2ccccc2)C1=O. The van der Waals surface area contributed by atoms with E-state index in [9.17, 15) is 14.4 Å². The molecule has 1 unspecified atom stereocenters. The summed E-state index contributed by atoms with van der Waals surface area (Å²) in [6.07, 6.45) is 8.67. The van der Waals surface area contributed by atoms with Crippen LogP contribution in [0.15, 0.2) is 30.3 Å². The maximum atomic E-state index is 12.6. The first kappa shape index (κ1) is 19.4. The van der Waals surface area contributed by atoms with Crippen molar-refractivity contribution in [2.45, 2.75) is 64.8 Å².